The molecule has 2 aromatic carbocycles. The molecule has 0 aliphatic rings. The highest BCUT2D eigenvalue weighted by atomic mass is 19.1. The average molecular weight is 271 g/mol. The van der Waals surface area contributed by atoms with E-state index in [4.69, 9.17) is 0 Å². The summed E-state index contributed by atoms with van der Waals surface area (Å²) >= 11 is 0. The summed E-state index contributed by atoms with van der Waals surface area (Å²) in [6, 6.07) is 9.37. The first-order valence-electron chi connectivity index (χ1n) is 6.95. The van der Waals surface area contributed by atoms with E-state index in [1.807, 2.05) is 20.0 Å². The van der Waals surface area contributed by atoms with Crippen molar-refractivity contribution in [3.8, 4) is 0 Å². The third kappa shape index (κ3) is 2.75. The lowest BCUT2D eigenvalue weighted by Crippen LogP contribution is -2.21. The minimum absolute atomic E-state index is 0.0197. The van der Waals surface area contributed by atoms with E-state index in [9.17, 15) is 4.39 Å². The van der Waals surface area contributed by atoms with Gasteiger partial charge in [0, 0.05) is 0 Å². The Labute approximate surface area is 120 Å². The van der Waals surface area contributed by atoms with Crippen molar-refractivity contribution in [2.75, 3.05) is 7.05 Å². The second kappa shape index (κ2) is 5.76. The van der Waals surface area contributed by atoms with Gasteiger partial charge >= 0.3 is 0 Å². The van der Waals surface area contributed by atoms with Gasteiger partial charge < -0.3 is 5.32 Å². The first kappa shape index (κ1) is 14.7. The zero-order chi connectivity index (χ0) is 14.9. The van der Waals surface area contributed by atoms with Gasteiger partial charge in [-0.3, -0.25) is 0 Å². The van der Waals surface area contributed by atoms with Crippen molar-refractivity contribution in [3.05, 3.63) is 69.5 Å². The first-order chi connectivity index (χ1) is 9.43. The maximum absolute atomic E-state index is 13.6. The van der Waals surface area contributed by atoms with Gasteiger partial charge in [-0.15, -0.1) is 0 Å². The molecular weight excluding hydrogens is 249 g/mol. The van der Waals surface area contributed by atoms with Crippen molar-refractivity contribution in [2.45, 2.75) is 33.7 Å². The average Bonchev–Trinajstić information content (AvgIpc) is 2.37. The van der Waals surface area contributed by atoms with Gasteiger partial charge in [0.2, 0.25) is 0 Å². The summed E-state index contributed by atoms with van der Waals surface area (Å²) in [6.45, 7) is 8.37. The number of hydrogen-bond donors (Lipinski definition) is 1. The van der Waals surface area contributed by atoms with Gasteiger partial charge in [-0.2, -0.15) is 0 Å². The fraction of sp³-hybridized carbons (Fsp3) is 0.333. The lowest BCUT2D eigenvalue weighted by molar-refractivity contribution is 0.614. The molecule has 0 radical (unpaired) electrons. The van der Waals surface area contributed by atoms with Crippen molar-refractivity contribution in [2.24, 2.45) is 0 Å². The topological polar surface area (TPSA) is 12.0 Å². The number of benzene rings is 2. The van der Waals surface area contributed by atoms with E-state index in [1.165, 1.54) is 28.3 Å². The summed E-state index contributed by atoms with van der Waals surface area (Å²) in [7, 11) is 1.92. The van der Waals surface area contributed by atoms with Crippen LogP contribution in [0.2, 0.25) is 0 Å². The summed E-state index contributed by atoms with van der Waals surface area (Å²) in [4.78, 5) is 0. The molecule has 2 rings (SSSR count). The van der Waals surface area contributed by atoms with Gasteiger partial charge in [0.25, 0.3) is 0 Å². The Hall–Kier alpha value is -1.67. The predicted octanol–water partition coefficient (Wildman–Crippen LogP) is 4.37. The Balaban J connectivity index is 2.61. The Morgan fingerprint density at radius 3 is 2.05 bits per heavy atom. The summed E-state index contributed by atoms with van der Waals surface area (Å²) in [5.74, 6) is -0.187. The molecular formula is C18H22FN. The molecule has 0 aliphatic carbocycles. The van der Waals surface area contributed by atoms with Crippen LogP contribution < -0.4 is 5.32 Å². The SMILES string of the molecule is CNC(c1cc(F)ccc1C)c1c(C)cc(C)cc1C. The standard InChI is InChI=1S/C18H22FN/c1-11-8-13(3)17(14(4)9-11)18(20-5)16-10-15(19)7-6-12(16)2/h6-10,18,20H,1-5H3. The van der Waals surface area contributed by atoms with Crippen molar-refractivity contribution >= 4 is 0 Å². The molecule has 1 nitrogen and oxygen atoms in total. The Morgan fingerprint density at radius 1 is 0.900 bits per heavy atom. The molecule has 1 atom stereocenters. The Bertz CT molecular complexity index is 608. The van der Waals surface area contributed by atoms with Crippen LogP contribution in [-0.2, 0) is 0 Å². The van der Waals surface area contributed by atoms with E-state index >= 15 is 0 Å². The summed E-state index contributed by atoms with van der Waals surface area (Å²) in [5.41, 5.74) is 7.09. The van der Waals surface area contributed by atoms with Crippen LogP contribution in [0, 0.1) is 33.5 Å². The van der Waals surface area contributed by atoms with E-state index in [1.54, 1.807) is 6.07 Å². The molecule has 0 amide bonds. The maximum Gasteiger partial charge on any atom is 0.123 e. The van der Waals surface area contributed by atoms with Gasteiger partial charge in [-0.1, -0.05) is 23.8 Å². The molecule has 0 heterocycles. The van der Waals surface area contributed by atoms with Crippen LogP contribution in [0.3, 0.4) is 0 Å². The summed E-state index contributed by atoms with van der Waals surface area (Å²) in [5, 5.41) is 3.34. The Morgan fingerprint density at radius 2 is 1.50 bits per heavy atom. The first-order valence-corrected chi connectivity index (χ1v) is 6.95. The van der Waals surface area contributed by atoms with Gasteiger partial charge in [0.1, 0.15) is 5.82 Å². The summed E-state index contributed by atoms with van der Waals surface area (Å²) in [6.07, 6.45) is 0. The molecule has 0 bridgehead atoms. The molecule has 1 N–H and O–H groups in total. The molecule has 0 saturated carbocycles. The van der Waals surface area contributed by atoms with Crippen molar-refractivity contribution in [3.63, 3.8) is 0 Å². The maximum atomic E-state index is 13.6. The fourth-order valence-corrected chi connectivity index (χ4v) is 3.02. The van der Waals surface area contributed by atoms with E-state index in [-0.39, 0.29) is 11.9 Å². The number of halogens is 1. The molecule has 0 aliphatic heterocycles. The van der Waals surface area contributed by atoms with Gasteiger partial charge in [0.05, 0.1) is 6.04 Å². The zero-order valence-corrected chi connectivity index (χ0v) is 12.8. The normalized spacial score (nSPS) is 12.5. The summed E-state index contributed by atoms with van der Waals surface area (Å²) < 4.78 is 13.6. The lowest BCUT2D eigenvalue weighted by atomic mass is 9.88. The molecule has 0 spiro atoms. The lowest BCUT2D eigenvalue weighted by Gasteiger charge is -2.24. The van der Waals surface area contributed by atoms with Crippen LogP contribution in [0.5, 0.6) is 0 Å². The van der Waals surface area contributed by atoms with E-state index in [0.717, 1.165) is 11.1 Å². The molecule has 1 unspecified atom stereocenters. The third-order valence-corrected chi connectivity index (χ3v) is 3.87. The van der Waals surface area contributed by atoms with Crippen LogP contribution in [0.25, 0.3) is 0 Å². The molecule has 20 heavy (non-hydrogen) atoms. The third-order valence-electron chi connectivity index (χ3n) is 3.87. The monoisotopic (exact) mass is 271 g/mol. The Kier molecular flexibility index (Phi) is 4.24. The smallest absolute Gasteiger partial charge is 0.123 e. The van der Waals surface area contributed by atoms with Crippen LogP contribution in [0.1, 0.15) is 39.4 Å². The number of hydrogen-bond acceptors (Lipinski definition) is 1. The van der Waals surface area contributed by atoms with Crippen LogP contribution >= 0.6 is 0 Å². The van der Waals surface area contributed by atoms with Gasteiger partial charge in [-0.05, 0) is 74.7 Å². The van der Waals surface area contributed by atoms with Crippen molar-refractivity contribution < 1.29 is 4.39 Å². The predicted molar refractivity (Wildman–Crippen MR) is 82.7 cm³/mol. The van der Waals surface area contributed by atoms with Crippen LogP contribution in [0.4, 0.5) is 4.39 Å². The molecule has 106 valence electrons. The fourth-order valence-electron chi connectivity index (χ4n) is 3.02. The minimum atomic E-state index is -0.187. The minimum Gasteiger partial charge on any atom is -0.309 e. The second-order valence-corrected chi connectivity index (χ2v) is 5.53. The molecule has 0 aromatic heterocycles. The number of rotatable bonds is 3. The second-order valence-electron chi connectivity index (χ2n) is 5.53. The van der Waals surface area contributed by atoms with Gasteiger partial charge in [-0.25, -0.2) is 4.39 Å². The molecule has 2 heteroatoms. The van der Waals surface area contributed by atoms with Crippen LogP contribution in [-0.4, -0.2) is 7.05 Å². The zero-order valence-electron chi connectivity index (χ0n) is 12.8. The van der Waals surface area contributed by atoms with Crippen molar-refractivity contribution in [1.82, 2.24) is 5.32 Å². The number of nitrogens with one attached hydrogen (secondary N) is 1. The highest BCUT2D eigenvalue weighted by Gasteiger charge is 2.19. The molecule has 0 fully saturated rings. The van der Waals surface area contributed by atoms with Gasteiger partial charge in [0.15, 0.2) is 0 Å². The highest BCUT2D eigenvalue weighted by molar-refractivity contribution is 5.46. The molecule has 0 saturated heterocycles. The largest absolute Gasteiger partial charge is 0.309 e. The molecule has 2 aromatic rings. The van der Waals surface area contributed by atoms with E-state index in [2.05, 4.69) is 38.2 Å². The number of aryl methyl sites for hydroxylation is 4. The van der Waals surface area contributed by atoms with Crippen molar-refractivity contribution in [1.29, 1.82) is 0 Å². The van der Waals surface area contributed by atoms with Crippen LogP contribution in [0.15, 0.2) is 30.3 Å². The highest BCUT2D eigenvalue weighted by Crippen LogP contribution is 2.30. The van der Waals surface area contributed by atoms with E-state index < -0.39 is 0 Å². The van der Waals surface area contributed by atoms with E-state index in [0.29, 0.717) is 0 Å². The quantitative estimate of drug-likeness (QED) is 0.874.